The molecule has 2 nitrogen and oxygen atoms in total. The molecular weight excluding hydrogens is 208 g/mol. The molecule has 0 aromatic rings. The van der Waals surface area contributed by atoms with Gasteiger partial charge >= 0.3 is 0 Å². The number of unbranched alkanes of at least 4 members (excludes halogenated alkanes) is 1. The number of rotatable bonds is 10. The summed E-state index contributed by atoms with van der Waals surface area (Å²) < 4.78 is 0. The monoisotopic (exact) mass is 240 g/mol. The fraction of sp³-hybridized carbons (Fsp3) is 1.00. The number of hydrogen-bond donors (Lipinski definition) is 1. The molecule has 1 rings (SSSR count). The first-order chi connectivity index (χ1) is 8.15. The van der Waals surface area contributed by atoms with E-state index in [9.17, 15) is 0 Å². The molecule has 1 N–H and O–H groups in total. The highest BCUT2D eigenvalue weighted by atomic mass is 15.2. The predicted molar refractivity (Wildman–Crippen MR) is 76.4 cm³/mol. The van der Waals surface area contributed by atoms with Gasteiger partial charge in [-0.05, 0) is 44.2 Å². The van der Waals surface area contributed by atoms with Crippen molar-refractivity contribution >= 4 is 0 Å². The highest BCUT2D eigenvalue weighted by Crippen LogP contribution is 2.31. The van der Waals surface area contributed by atoms with Crippen molar-refractivity contribution in [2.24, 2.45) is 5.41 Å². The van der Waals surface area contributed by atoms with Crippen LogP contribution in [0.1, 0.15) is 59.8 Å². The molecule has 0 spiro atoms. The fourth-order valence-electron chi connectivity index (χ4n) is 2.40. The second-order valence-electron chi connectivity index (χ2n) is 6.00. The molecule has 1 saturated carbocycles. The van der Waals surface area contributed by atoms with Crippen molar-refractivity contribution in [3.63, 3.8) is 0 Å². The molecule has 2 heteroatoms. The average molecular weight is 240 g/mol. The Morgan fingerprint density at radius 2 is 1.94 bits per heavy atom. The van der Waals surface area contributed by atoms with Crippen molar-refractivity contribution in [3.05, 3.63) is 0 Å². The van der Waals surface area contributed by atoms with E-state index in [0.717, 1.165) is 19.1 Å². The van der Waals surface area contributed by atoms with Gasteiger partial charge in [0, 0.05) is 19.1 Å². The summed E-state index contributed by atoms with van der Waals surface area (Å²) in [5.41, 5.74) is 0.451. The molecule has 1 fully saturated rings. The van der Waals surface area contributed by atoms with E-state index in [-0.39, 0.29) is 0 Å². The first kappa shape index (κ1) is 15.0. The summed E-state index contributed by atoms with van der Waals surface area (Å²) in [6, 6.07) is 0.911. The number of nitrogens with one attached hydrogen (secondary N) is 1. The van der Waals surface area contributed by atoms with E-state index in [4.69, 9.17) is 0 Å². The highest BCUT2D eigenvalue weighted by molar-refractivity contribution is 4.89. The third-order valence-electron chi connectivity index (χ3n) is 4.10. The maximum atomic E-state index is 3.53. The summed E-state index contributed by atoms with van der Waals surface area (Å²) in [6.07, 6.45) is 6.82. The Labute approximate surface area is 108 Å². The fourth-order valence-corrected chi connectivity index (χ4v) is 2.40. The van der Waals surface area contributed by atoms with Crippen LogP contribution >= 0.6 is 0 Å². The molecule has 0 radical (unpaired) electrons. The summed E-state index contributed by atoms with van der Waals surface area (Å²) in [6.45, 7) is 14.1. The Morgan fingerprint density at radius 3 is 2.41 bits per heavy atom. The van der Waals surface area contributed by atoms with Gasteiger partial charge in [0.05, 0.1) is 0 Å². The van der Waals surface area contributed by atoms with Crippen LogP contribution in [0.5, 0.6) is 0 Å². The van der Waals surface area contributed by atoms with E-state index in [0.29, 0.717) is 5.41 Å². The van der Waals surface area contributed by atoms with E-state index in [1.807, 2.05) is 0 Å². The van der Waals surface area contributed by atoms with E-state index in [1.165, 1.54) is 45.2 Å². The van der Waals surface area contributed by atoms with Crippen molar-refractivity contribution < 1.29 is 0 Å². The van der Waals surface area contributed by atoms with E-state index in [2.05, 4.69) is 37.9 Å². The van der Waals surface area contributed by atoms with Gasteiger partial charge in [0.15, 0.2) is 0 Å². The molecule has 0 aromatic heterocycles. The number of nitrogens with zero attached hydrogens (tertiary/aromatic N) is 1. The summed E-state index contributed by atoms with van der Waals surface area (Å²) >= 11 is 0. The molecule has 0 aliphatic heterocycles. The molecule has 1 aliphatic rings. The van der Waals surface area contributed by atoms with Gasteiger partial charge in [-0.3, -0.25) is 4.90 Å². The van der Waals surface area contributed by atoms with Crippen molar-refractivity contribution in [3.8, 4) is 0 Å². The van der Waals surface area contributed by atoms with Gasteiger partial charge in [0.1, 0.15) is 0 Å². The molecule has 0 amide bonds. The smallest absolute Gasteiger partial charge is 0.00966 e. The van der Waals surface area contributed by atoms with Crippen molar-refractivity contribution in [2.75, 3.05) is 26.2 Å². The first-order valence-electron chi connectivity index (χ1n) is 7.60. The van der Waals surface area contributed by atoms with Crippen LogP contribution in [-0.2, 0) is 0 Å². The van der Waals surface area contributed by atoms with Crippen LogP contribution < -0.4 is 5.32 Å². The van der Waals surface area contributed by atoms with Crippen LogP contribution in [0.25, 0.3) is 0 Å². The average Bonchev–Trinajstić information content (AvgIpc) is 3.16. The molecule has 1 atom stereocenters. The largest absolute Gasteiger partial charge is 0.316 e. The van der Waals surface area contributed by atoms with Gasteiger partial charge in [-0.25, -0.2) is 0 Å². The summed E-state index contributed by atoms with van der Waals surface area (Å²) in [4.78, 5) is 2.75. The standard InChI is InChI=1S/C15H32N2/c1-5-8-11-17(14-9-10-14)13-15(4,6-2)12-16-7-3/h14,16H,5-13H2,1-4H3. The van der Waals surface area contributed by atoms with Crippen molar-refractivity contribution in [1.82, 2.24) is 10.2 Å². The van der Waals surface area contributed by atoms with Crippen molar-refractivity contribution in [1.29, 1.82) is 0 Å². The zero-order valence-electron chi connectivity index (χ0n) is 12.4. The van der Waals surface area contributed by atoms with Crippen LogP contribution in [0.3, 0.4) is 0 Å². The Kier molecular flexibility index (Phi) is 6.50. The second-order valence-corrected chi connectivity index (χ2v) is 6.00. The van der Waals surface area contributed by atoms with Gasteiger partial charge in [-0.2, -0.15) is 0 Å². The maximum Gasteiger partial charge on any atom is 0.00966 e. The summed E-state index contributed by atoms with van der Waals surface area (Å²) in [7, 11) is 0. The second kappa shape index (κ2) is 7.38. The highest BCUT2D eigenvalue weighted by Gasteiger charge is 2.33. The minimum Gasteiger partial charge on any atom is -0.316 e. The molecule has 1 aliphatic carbocycles. The Hall–Kier alpha value is -0.0800. The quantitative estimate of drug-likeness (QED) is 0.630. The first-order valence-corrected chi connectivity index (χ1v) is 7.60. The van der Waals surface area contributed by atoms with Crippen LogP contribution in [-0.4, -0.2) is 37.1 Å². The molecule has 0 saturated heterocycles. The molecule has 0 bridgehead atoms. The predicted octanol–water partition coefficient (Wildman–Crippen LogP) is 3.28. The van der Waals surface area contributed by atoms with Gasteiger partial charge in [0.2, 0.25) is 0 Å². The SMILES string of the molecule is CCCCN(CC(C)(CC)CNCC)C1CC1. The number of hydrogen-bond acceptors (Lipinski definition) is 2. The van der Waals surface area contributed by atoms with Crippen molar-refractivity contribution in [2.45, 2.75) is 65.8 Å². The van der Waals surface area contributed by atoms with Gasteiger partial charge in [0.25, 0.3) is 0 Å². The summed E-state index contributed by atoms with van der Waals surface area (Å²) in [5.74, 6) is 0. The third-order valence-corrected chi connectivity index (χ3v) is 4.10. The lowest BCUT2D eigenvalue weighted by Gasteiger charge is -2.35. The van der Waals surface area contributed by atoms with Gasteiger partial charge in [-0.1, -0.05) is 34.1 Å². The Balaban J connectivity index is 2.43. The van der Waals surface area contributed by atoms with Crippen LogP contribution in [0.2, 0.25) is 0 Å². The van der Waals surface area contributed by atoms with Crippen LogP contribution in [0.4, 0.5) is 0 Å². The van der Waals surface area contributed by atoms with E-state index < -0.39 is 0 Å². The Bertz CT molecular complexity index is 201. The third kappa shape index (κ3) is 5.39. The van der Waals surface area contributed by atoms with E-state index in [1.54, 1.807) is 0 Å². The van der Waals surface area contributed by atoms with Gasteiger partial charge < -0.3 is 5.32 Å². The van der Waals surface area contributed by atoms with E-state index >= 15 is 0 Å². The Morgan fingerprint density at radius 1 is 1.24 bits per heavy atom. The molecule has 102 valence electrons. The lowest BCUT2D eigenvalue weighted by atomic mass is 9.86. The molecular formula is C15H32N2. The van der Waals surface area contributed by atoms with Crippen LogP contribution in [0.15, 0.2) is 0 Å². The minimum absolute atomic E-state index is 0.451. The lowest BCUT2D eigenvalue weighted by Crippen LogP contribution is -2.43. The normalized spacial score (nSPS) is 19.6. The molecule has 0 aromatic carbocycles. The van der Waals surface area contributed by atoms with Gasteiger partial charge in [-0.15, -0.1) is 0 Å². The molecule has 0 heterocycles. The molecule has 1 unspecified atom stereocenters. The minimum atomic E-state index is 0.451. The molecule has 17 heavy (non-hydrogen) atoms. The zero-order chi connectivity index (χ0) is 12.7. The topological polar surface area (TPSA) is 15.3 Å². The summed E-state index contributed by atoms with van der Waals surface area (Å²) in [5, 5.41) is 3.53. The zero-order valence-corrected chi connectivity index (χ0v) is 12.4. The lowest BCUT2D eigenvalue weighted by molar-refractivity contribution is 0.147. The van der Waals surface area contributed by atoms with Crippen LogP contribution in [0, 0.1) is 5.41 Å². The maximum absolute atomic E-state index is 3.53.